The molecule has 0 amide bonds. The van der Waals surface area contributed by atoms with Gasteiger partial charge < -0.3 is 4.74 Å². The summed E-state index contributed by atoms with van der Waals surface area (Å²) >= 11 is 1.55. The van der Waals surface area contributed by atoms with E-state index in [1.54, 1.807) is 18.3 Å². The van der Waals surface area contributed by atoms with Crippen LogP contribution in [0, 0.1) is 17.2 Å². The molecule has 21 heavy (non-hydrogen) atoms. The van der Waals surface area contributed by atoms with Gasteiger partial charge in [0.1, 0.15) is 0 Å². The third-order valence-electron chi connectivity index (χ3n) is 3.64. The van der Waals surface area contributed by atoms with Gasteiger partial charge >= 0.3 is 5.97 Å². The number of benzene rings is 1. The first kappa shape index (κ1) is 15.3. The standard InChI is InChI=1S/C17H17NO2S/c1-3-20-16(19)14(12-18)17(2,15-10-7-11-21-15)13-8-5-4-6-9-13/h4-11,14H,3H2,1-2H3. The van der Waals surface area contributed by atoms with Crippen LogP contribution < -0.4 is 0 Å². The van der Waals surface area contributed by atoms with Crippen molar-refractivity contribution in [3.8, 4) is 6.07 Å². The molecule has 2 aromatic rings. The number of carbonyl (C=O) groups is 1. The van der Waals surface area contributed by atoms with Crippen LogP contribution in [0.25, 0.3) is 0 Å². The van der Waals surface area contributed by atoms with Crippen LogP contribution in [0.2, 0.25) is 0 Å². The summed E-state index contributed by atoms with van der Waals surface area (Å²) in [6.07, 6.45) is 0. The molecule has 0 fully saturated rings. The molecule has 1 aromatic heterocycles. The Kier molecular flexibility index (Phi) is 4.77. The van der Waals surface area contributed by atoms with Gasteiger partial charge in [0.15, 0.2) is 5.92 Å². The topological polar surface area (TPSA) is 50.1 Å². The Morgan fingerprint density at radius 3 is 2.57 bits per heavy atom. The van der Waals surface area contributed by atoms with Crippen molar-refractivity contribution in [3.63, 3.8) is 0 Å². The van der Waals surface area contributed by atoms with E-state index < -0.39 is 17.3 Å². The second-order valence-corrected chi connectivity index (χ2v) is 5.81. The van der Waals surface area contributed by atoms with E-state index in [0.717, 1.165) is 10.4 Å². The Labute approximate surface area is 128 Å². The average molecular weight is 299 g/mol. The number of carbonyl (C=O) groups excluding carboxylic acids is 1. The number of ether oxygens (including phenoxy) is 1. The Bertz CT molecular complexity index is 631. The summed E-state index contributed by atoms with van der Waals surface area (Å²) in [6.45, 7) is 3.95. The first-order valence-corrected chi connectivity index (χ1v) is 7.68. The number of esters is 1. The molecule has 0 bridgehead atoms. The highest BCUT2D eigenvalue weighted by Crippen LogP contribution is 2.41. The fourth-order valence-electron chi connectivity index (χ4n) is 2.45. The zero-order valence-electron chi connectivity index (χ0n) is 12.1. The lowest BCUT2D eigenvalue weighted by Crippen LogP contribution is -2.38. The molecule has 108 valence electrons. The van der Waals surface area contributed by atoms with Crippen LogP contribution in [0.3, 0.4) is 0 Å². The third kappa shape index (κ3) is 2.84. The summed E-state index contributed by atoms with van der Waals surface area (Å²) in [7, 11) is 0. The predicted octanol–water partition coefficient (Wildman–Crippen LogP) is 3.76. The Morgan fingerprint density at radius 1 is 1.33 bits per heavy atom. The second-order valence-electron chi connectivity index (χ2n) is 4.86. The first-order chi connectivity index (χ1) is 10.1. The second kappa shape index (κ2) is 6.55. The van der Waals surface area contributed by atoms with E-state index in [4.69, 9.17) is 4.74 Å². The number of nitriles is 1. The molecule has 2 unspecified atom stereocenters. The van der Waals surface area contributed by atoms with Crippen LogP contribution in [-0.4, -0.2) is 12.6 Å². The number of hydrogen-bond donors (Lipinski definition) is 0. The Hall–Kier alpha value is -2.12. The van der Waals surface area contributed by atoms with Crippen molar-refractivity contribution in [2.45, 2.75) is 19.3 Å². The van der Waals surface area contributed by atoms with Gasteiger partial charge in [-0.1, -0.05) is 36.4 Å². The minimum atomic E-state index is -0.876. The van der Waals surface area contributed by atoms with Gasteiger partial charge in [0.05, 0.1) is 18.1 Å². The Morgan fingerprint density at radius 2 is 2.05 bits per heavy atom. The summed E-state index contributed by atoms with van der Waals surface area (Å²) in [6, 6.07) is 15.7. The number of nitrogens with zero attached hydrogens (tertiary/aromatic N) is 1. The quantitative estimate of drug-likeness (QED) is 0.790. The number of rotatable bonds is 5. The monoisotopic (exact) mass is 299 g/mol. The van der Waals surface area contributed by atoms with Gasteiger partial charge in [-0.15, -0.1) is 11.3 Å². The maximum absolute atomic E-state index is 12.2. The highest BCUT2D eigenvalue weighted by Gasteiger charge is 2.44. The molecule has 1 heterocycles. The Balaban J connectivity index is 2.57. The molecule has 0 spiro atoms. The summed E-state index contributed by atoms with van der Waals surface area (Å²) in [5.74, 6) is -1.35. The lowest BCUT2D eigenvalue weighted by atomic mass is 9.71. The van der Waals surface area contributed by atoms with Crippen molar-refractivity contribution >= 4 is 17.3 Å². The maximum Gasteiger partial charge on any atom is 0.324 e. The van der Waals surface area contributed by atoms with Crippen LogP contribution >= 0.6 is 11.3 Å². The van der Waals surface area contributed by atoms with Crippen LogP contribution in [-0.2, 0) is 14.9 Å². The van der Waals surface area contributed by atoms with Crippen LogP contribution in [0.15, 0.2) is 47.8 Å². The van der Waals surface area contributed by atoms with Crippen LogP contribution in [0.1, 0.15) is 24.3 Å². The predicted molar refractivity (Wildman–Crippen MR) is 83.0 cm³/mol. The molecule has 2 rings (SSSR count). The van der Waals surface area contributed by atoms with Crippen molar-refractivity contribution in [1.29, 1.82) is 5.26 Å². The van der Waals surface area contributed by atoms with Gasteiger partial charge in [0, 0.05) is 4.88 Å². The summed E-state index contributed by atoms with van der Waals surface area (Å²) in [4.78, 5) is 13.2. The summed E-state index contributed by atoms with van der Waals surface area (Å²) in [5.41, 5.74) is 0.225. The lowest BCUT2D eigenvalue weighted by Gasteiger charge is -2.32. The molecule has 4 heteroatoms. The molecule has 0 N–H and O–H groups in total. The van der Waals surface area contributed by atoms with E-state index in [1.807, 2.05) is 54.8 Å². The van der Waals surface area contributed by atoms with E-state index >= 15 is 0 Å². The highest BCUT2D eigenvalue weighted by molar-refractivity contribution is 7.10. The minimum absolute atomic E-state index is 0.270. The molecule has 3 nitrogen and oxygen atoms in total. The molecular weight excluding hydrogens is 282 g/mol. The summed E-state index contributed by atoms with van der Waals surface area (Å²) < 4.78 is 5.10. The first-order valence-electron chi connectivity index (χ1n) is 6.80. The SMILES string of the molecule is CCOC(=O)C(C#N)C(C)(c1ccccc1)c1cccs1. The van der Waals surface area contributed by atoms with E-state index in [0.29, 0.717) is 0 Å². The number of thiophene rings is 1. The normalized spacial score (nSPS) is 14.7. The van der Waals surface area contributed by atoms with Crippen LogP contribution in [0.5, 0.6) is 0 Å². The van der Waals surface area contributed by atoms with Crippen molar-refractivity contribution in [2.24, 2.45) is 5.92 Å². The largest absolute Gasteiger partial charge is 0.465 e. The van der Waals surface area contributed by atoms with Crippen molar-refractivity contribution < 1.29 is 9.53 Å². The van der Waals surface area contributed by atoms with Gasteiger partial charge in [-0.2, -0.15) is 5.26 Å². The van der Waals surface area contributed by atoms with E-state index in [1.165, 1.54) is 0 Å². The van der Waals surface area contributed by atoms with Gasteiger partial charge in [-0.3, -0.25) is 4.79 Å². The molecule has 1 aromatic carbocycles. The zero-order chi connectivity index (χ0) is 15.3. The van der Waals surface area contributed by atoms with Gasteiger partial charge in [-0.05, 0) is 30.9 Å². The van der Waals surface area contributed by atoms with Gasteiger partial charge in [0.2, 0.25) is 0 Å². The lowest BCUT2D eigenvalue weighted by molar-refractivity contribution is -0.147. The molecule has 0 aliphatic carbocycles. The van der Waals surface area contributed by atoms with E-state index in [2.05, 4.69) is 6.07 Å². The molecular formula is C17H17NO2S. The molecule has 0 radical (unpaired) electrons. The molecule has 0 saturated carbocycles. The fourth-order valence-corrected chi connectivity index (χ4v) is 3.39. The molecule has 2 atom stereocenters. The molecule has 0 aliphatic heterocycles. The van der Waals surface area contributed by atoms with Crippen molar-refractivity contribution in [3.05, 3.63) is 58.3 Å². The van der Waals surface area contributed by atoms with Crippen molar-refractivity contribution in [1.82, 2.24) is 0 Å². The summed E-state index contributed by atoms with van der Waals surface area (Å²) in [5, 5.41) is 11.5. The van der Waals surface area contributed by atoms with Gasteiger partial charge in [-0.25, -0.2) is 0 Å². The van der Waals surface area contributed by atoms with Gasteiger partial charge in [0.25, 0.3) is 0 Å². The maximum atomic E-state index is 12.2. The third-order valence-corrected chi connectivity index (χ3v) is 4.74. The minimum Gasteiger partial charge on any atom is -0.465 e. The van der Waals surface area contributed by atoms with E-state index in [9.17, 15) is 10.1 Å². The fraction of sp³-hybridized carbons (Fsp3) is 0.294. The molecule has 0 saturated heterocycles. The van der Waals surface area contributed by atoms with E-state index in [-0.39, 0.29) is 6.61 Å². The highest BCUT2D eigenvalue weighted by atomic mass is 32.1. The zero-order valence-corrected chi connectivity index (χ0v) is 12.9. The smallest absolute Gasteiger partial charge is 0.324 e. The number of hydrogen-bond acceptors (Lipinski definition) is 4. The molecule has 0 aliphatic rings. The average Bonchev–Trinajstić information content (AvgIpc) is 3.03. The van der Waals surface area contributed by atoms with Crippen molar-refractivity contribution in [2.75, 3.05) is 6.61 Å². The van der Waals surface area contributed by atoms with Crippen LogP contribution in [0.4, 0.5) is 0 Å².